The smallest absolute Gasteiger partial charge is 0.248 e. The van der Waals surface area contributed by atoms with Crippen LogP contribution in [-0.4, -0.2) is 179 Å². The van der Waals surface area contributed by atoms with E-state index in [0.29, 0.717) is 5.75 Å². The first-order chi connectivity index (χ1) is 35.6. The quantitative estimate of drug-likeness (QED) is 0.0416. The van der Waals surface area contributed by atoms with E-state index in [1.54, 1.807) is 27.7 Å². The molecule has 1 aliphatic rings. The minimum absolute atomic E-state index is 0.0564. The summed E-state index contributed by atoms with van der Waals surface area (Å²) in [5, 5.41) is 74.4. The number of ether oxygens (including phenoxy) is 1. The van der Waals surface area contributed by atoms with Crippen LogP contribution in [0.25, 0.3) is 0 Å². The van der Waals surface area contributed by atoms with Crippen LogP contribution in [0.3, 0.4) is 0 Å². The van der Waals surface area contributed by atoms with Crippen LogP contribution in [0.1, 0.15) is 85.8 Å². The Morgan fingerprint density at radius 3 is 1.75 bits per heavy atom. The summed E-state index contributed by atoms with van der Waals surface area (Å²) < 4.78 is 5.23. The van der Waals surface area contributed by atoms with Crippen molar-refractivity contribution in [3.05, 3.63) is 29.8 Å². The predicted molar refractivity (Wildman–Crippen MR) is 271 cm³/mol. The van der Waals surface area contributed by atoms with Crippen LogP contribution in [0.5, 0.6) is 5.75 Å². The zero-order valence-corrected chi connectivity index (χ0v) is 43.9. The van der Waals surface area contributed by atoms with Gasteiger partial charge in [0.2, 0.25) is 59.1 Å². The van der Waals surface area contributed by atoms with Gasteiger partial charge in [0.15, 0.2) is 12.1 Å². The molecule has 426 valence electrons. The number of primary amides is 1. The van der Waals surface area contributed by atoms with Crippen LogP contribution in [0.15, 0.2) is 24.3 Å². The first-order valence-electron chi connectivity index (χ1n) is 24.7. The van der Waals surface area contributed by atoms with Crippen LogP contribution >= 0.6 is 0 Å². The molecule has 0 saturated carbocycles. The van der Waals surface area contributed by atoms with Crippen molar-refractivity contribution in [1.29, 1.82) is 5.41 Å². The van der Waals surface area contributed by atoms with E-state index in [0.717, 1.165) is 6.92 Å². The van der Waals surface area contributed by atoms with Crippen LogP contribution < -0.4 is 75.1 Å². The third-order valence-electron chi connectivity index (χ3n) is 12.3. The van der Waals surface area contributed by atoms with Crippen molar-refractivity contribution in [2.75, 3.05) is 26.8 Å². The number of methoxy groups -OCH3 is 1. The van der Waals surface area contributed by atoms with E-state index in [1.807, 2.05) is 5.32 Å². The molecular weight excluding hydrogens is 1000 g/mol. The van der Waals surface area contributed by atoms with Crippen LogP contribution in [0.4, 0.5) is 0 Å². The number of carbonyl (C=O) groups excluding carboxylic acids is 10. The van der Waals surface area contributed by atoms with Crippen LogP contribution in [-0.2, 0) is 47.9 Å². The number of nitrogens with one attached hydrogen (secondary N) is 11. The Kier molecular flexibility index (Phi) is 26.5. The molecule has 29 heteroatoms. The number of carbonyl (C=O) groups is 10. The van der Waals surface area contributed by atoms with Crippen molar-refractivity contribution in [1.82, 2.24) is 53.2 Å². The number of hydrogen-bond donors (Lipinski definition) is 18. The molecule has 13 atom stereocenters. The van der Waals surface area contributed by atoms with Gasteiger partial charge in [0.05, 0.1) is 38.5 Å². The fraction of sp³-hybridized carbons (Fsp3) is 0.638. The minimum Gasteiger partial charge on any atom is -0.497 e. The minimum atomic E-state index is -2.49. The zero-order chi connectivity index (χ0) is 57.7. The van der Waals surface area contributed by atoms with Gasteiger partial charge < -0.3 is 95.5 Å². The summed E-state index contributed by atoms with van der Waals surface area (Å²) in [7, 11) is 1.37. The molecule has 1 aromatic rings. The Bertz CT molecular complexity index is 2200. The van der Waals surface area contributed by atoms with Gasteiger partial charge in [-0.25, -0.2) is 0 Å². The van der Waals surface area contributed by atoms with E-state index in [1.165, 1.54) is 45.2 Å². The Morgan fingerprint density at radius 1 is 0.697 bits per heavy atom. The number of guanidine groups is 1. The van der Waals surface area contributed by atoms with Crippen molar-refractivity contribution in [3.63, 3.8) is 0 Å². The predicted octanol–water partition coefficient (Wildman–Crippen LogP) is -6.71. The second-order valence-electron chi connectivity index (χ2n) is 19.2. The Balaban J connectivity index is 2.88. The molecule has 1 heterocycles. The summed E-state index contributed by atoms with van der Waals surface area (Å²) in [4.78, 5) is 138. The van der Waals surface area contributed by atoms with Crippen LogP contribution in [0, 0.1) is 23.2 Å². The molecule has 21 N–H and O–H groups in total. The molecule has 0 unspecified atom stereocenters. The van der Waals surface area contributed by atoms with E-state index >= 15 is 0 Å². The monoisotopic (exact) mass is 1080 g/mol. The molecule has 0 aromatic heterocycles. The van der Waals surface area contributed by atoms with Gasteiger partial charge in [-0.3, -0.25) is 53.4 Å². The van der Waals surface area contributed by atoms with Crippen molar-refractivity contribution < 1.29 is 73.1 Å². The molecule has 10 amide bonds. The highest BCUT2D eigenvalue weighted by Crippen LogP contribution is 2.22. The molecule has 1 fully saturated rings. The summed E-state index contributed by atoms with van der Waals surface area (Å²) in [6, 6.07) is -9.99. The number of benzene rings is 1. The molecule has 1 aromatic carbocycles. The Hall–Kier alpha value is -7.21. The number of hydrogen-bond acceptors (Lipinski definition) is 17. The molecular formula is C47H78N14O15. The maximum atomic E-state index is 14.3. The van der Waals surface area contributed by atoms with E-state index < -0.39 is 157 Å². The van der Waals surface area contributed by atoms with Gasteiger partial charge in [-0.05, 0) is 61.6 Å². The molecule has 0 aliphatic carbocycles. The number of aliphatic hydroxyl groups excluding tert-OH is 4. The molecule has 0 bridgehead atoms. The number of aliphatic hydroxyl groups is 4. The lowest BCUT2D eigenvalue weighted by Crippen LogP contribution is -2.64. The van der Waals surface area contributed by atoms with Gasteiger partial charge in [-0.15, -0.1) is 0 Å². The normalized spacial score (nSPS) is 26.2. The molecule has 1 aliphatic heterocycles. The maximum Gasteiger partial charge on any atom is 0.248 e. The van der Waals surface area contributed by atoms with E-state index in [9.17, 15) is 68.4 Å². The van der Waals surface area contributed by atoms with E-state index in [4.69, 9.17) is 27.3 Å². The Morgan fingerprint density at radius 2 is 1.22 bits per heavy atom. The second-order valence-corrected chi connectivity index (χ2v) is 19.2. The fourth-order valence-corrected chi connectivity index (χ4v) is 7.59. The summed E-state index contributed by atoms with van der Waals surface area (Å²) >= 11 is 0. The summed E-state index contributed by atoms with van der Waals surface area (Å²) in [5.74, 6) is -13.5. The topological polar surface area (TPSA) is 483 Å². The van der Waals surface area contributed by atoms with Gasteiger partial charge in [0.1, 0.15) is 54.1 Å². The summed E-state index contributed by atoms with van der Waals surface area (Å²) in [6.45, 7) is 8.75. The lowest BCUT2D eigenvalue weighted by molar-refractivity contribution is -0.140. The highest BCUT2D eigenvalue weighted by Gasteiger charge is 2.40. The van der Waals surface area contributed by atoms with Gasteiger partial charge in [-0.2, -0.15) is 0 Å². The molecule has 0 radical (unpaired) electrons. The van der Waals surface area contributed by atoms with E-state index in [2.05, 4.69) is 47.9 Å². The lowest BCUT2D eigenvalue weighted by Gasteiger charge is -2.32. The van der Waals surface area contributed by atoms with E-state index in [-0.39, 0.29) is 49.7 Å². The SMILES string of the molecule is CC[C@H](C)[C@@H]1NC(=O)[C@@H](CCCNC(=N)N)NC(=O)[C@H](CC(C)C)NC(=O)[C@H]([C@H](O)C(C)C)NC(=O)[C@@H](N)[C@@H](c2ccc(OC)cc2)NC(=O)[C@H](CO)NC(=O)[C@H]([C@H](O)C(N)=O)NC(=O)CNC(=O)[C@H]([C@H](C)O)NC1=O. The molecule has 2 rings (SSSR count). The van der Waals surface area contributed by atoms with Crippen molar-refractivity contribution in [3.8, 4) is 5.75 Å². The number of amides is 10. The average Bonchev–Trinajstić information content (AvgIpc) is 3.36. The van der Waals surface area contributed by atoms with Crippen molar-refractivity contribution >= 4 is 65.0 Å². The van der Waals surface area contributed by atoms with Crippen molar-refractivity contribution in [2.45, 2.75) is 147 Å². The largest absolute Gasteiger partial charge is 0.497 e. The lowest BCUT2D eigenvalue weighted by atomic mass is 9.95. The maximum absolute atomic E-state index is 14.3. The van der Waals surface area contributed by atoms with Gasteiger partial charge >= 0.3 is 0 Å². The van der Waals surface area contributed by atoms with Gasteiger partial charge in [0.25, 0.3) is 0 Å². The average molecular weight is 1080 g/mol. The standard InChI is InChI=1S/C47H78N14O15/c1-9-22(6)31-44(73)59-32(23(7)63)43(72)53-18-29(64)57-35(37(66)38(49)67)46(75)56-28(19-62)41(70)60-33(24-12-14-25(76-8)15-13-24)30(48)42(71)61-34(36(65)21(4)5)45(74)55-27(17-20(2)3)40(69)54-26(39(68)58-31)11-10-16-52-47(50)51/h12-15,20-23,26-28,30-37,62-63,65-66H,9-11,16-19,48H2,1-8H3,(H2,49,67)(H,53,72)(H,54,69)(H,55,74)(H,56,75)(H,57,64)(H,58,68)(H,59,73)(H,60,70)(H,61,71)(H4,50,51,52)/t22-,23-,26+,27-,28-,30-,31-,32-,33+,34-,35-,36+,37-/m0/s1. The van der Waals surface area contributed by atoms with Gasteiger partial charge in [0, 0.05) is 6.54 Å². The number of nitrogens with two attached hydrogens (primary N) is 3. The Labute approximate surface area is 439 Å². The fourth-order valence-electron chi connectivity index (χ4n) is 7.59. The highest BCUT2D eigenvalue weighted by molar-refractivity contribution is 5.99. The van der Waals surface area contributed by atoms with Crippen molar-refractivity contribution in [2.24, 2.45) is 35.0 Å². The first kappa shape index (κ1) is 64.9. The molecule has 0 spiro atoms. The first-order valence-corrected chi connectivity index (χ1v) is 24.7. The zero-order valence-electron chi connectivity index (χ0n) is 43.9. The third-order valence-corrected chi connectivity index (χ3v) is 12.3. The third kappa shape index (κ3) is 19.8. The summed E-state index contributed by atoms with van der Waals surface area (Å²) in [5.41, 5.74) is 17.4. The molecule has 29 nitrogen and oxygen atoms in total. The highest BCUT2D eigenvalue weighted by atomic mass is 16.5. The molecule has 76 heavy (non-hydrogen) atoms. The van der Waals surface area contributed by atoms with Gasteiger partial charge in [-0.1, -0.05) is 60.1 Å². The summed E-state index contributed by atoms with van der Waals surface area (Å²) in [6.07, 6.45) is -5.62. The second kappa shape index (κ2) is 31.0. The van der Waals surface area contributed by atoms with Crippen LogP contribution in [0.2, 0.25) is 0 Å². The molecule has 1 saturated heterocycles. The number of rotatable bonds is 16.